The molecule has 0 fully saturated rings. The molecule has 152 valence electrons. The number of halogens is 1. The molecule has 0 bridgehead atoms. The maximum Gasteiger partial charge on any atom is 0.189 e. The second kappa shape index (κ2) is 11.0. The molecular formula is C21H28IN3O3. The lowest BCUT2D eigenvalue weighted by molar-refractivity contribution is 0.262. The molecule has 0 spiro atoms. The quantitative estimate of drug-likeness (QED) is 0.264. The fourth-order valence-corrected chi connectivity index (χ4v) is 3.26. The number of ether oxygens (including phenoxy) is 3. The minimum absolute atomic E-state index is 0. The van der Waals surface area contributed by atoms with Crippen LogP contribution in [0.15, 0.2) is 47.5 Å². The van der Waals surface area contributed by atoms with E-state index in [-0.39, 0.29) is 30.0 Å². The number of benzene rings is 2. The Balaban J connectivity index is 0.00000280. The normalized spacial score (nSPS) is 15.6. The van der Waals surface area contributed by atoms with Crippen molar-refractivity contribution < 1.29 is 14.2 Å². The maximum atomic E-state index is 6.10. The van der Waals surface area contributed by atoms with Crippen LogP contribution in [0.4, 0.5) is 0 Å². The third-order valence-electron chi connectivity index (χ3n) is 4.65. The number of fused-ring (bicyclic) bond motifs is 1. The van der Waals surface area contributed by atoms with Crippen molar-refractivity contribution in [1.82, 2.24) is 5.32 Å². The van der Waals surface area contributed by atoms with Crippen LogP contribution in [0.2, 0.25) is 0 Å². The number of rotatable bonds is 7. The van der Waals surface area contributed by atoms with Crippen LogP contribution in [0.5, 0.6) is 17.2 Å². The molecule has 1 aliphatic rings. The van der Waals surface area contributed by atoms with E-state index >= 15 is 0 Å². The van der Waals surface area contributed by atoms with E-state index in [9.17, 15) is 0 Å². The molecule has 3 rings (SSSR count). The minimum Gasteiger partial charge on any atom is -0.497 e. The zero-order valence-electron chi connectivity index (χ0n) is 16.3. The van der Waals surface area contributed by atoms with Crippen LogP contribution in [0.3, 0.4) is 0 Å². The van der Waals surface area contributed by atoms with E-state index < -0.39 is 0 Å². The highest BCUT2D eigenvalue weighted by molar-refractivity contribution is 14.0. The first-order valence-corrected chi connectivity index (χ1v) is 9.20. The van der Waals surface area contributed by atoms with Gasteiger partial charge in [0, 0.05) is 18.5 Å². The summed E-state index contributed by atoms with van der Waals surface area (Å²) in [5.41, 5.74) is 8.33. The number of aliphatic imine (C=N–C) groups is 1. The van der Waals surface area contributed by atoms with Crippen molar-refractivity contribution in [2.75, 3.05) is 27.4 Å². The van der Waals surface area contributed by atoms with E-state index in [1.165, 1.54) is 0 Å². The summed E-state index contributed by atoms with van der Waals surface area (Å²) < 4.78 is 16.4. The van der Waals surface area contributed by atoms with Gasteiger partial charge < -0.3 is 25.3 Å². The van der Waals surface area contributed by atoms with Crippen molar-refractivity contribution in [1.29, 1.82) is 0 Å². The van der Waals surface area contributed by atoms with Gasteiger partial charge in [-0.3, -0.25) is 4.99 Å². The van der Waals surface area contributed by atoms with Crippen molar-refractivity contribution in [3.8, 4) is 17.2 Å². The molecule has 1 unspecified atom stereocenters. The van der Waals surface area contributed by atoms with Gasteiger partial charge in [0.25, 0.3) is 0 Å². The summed E-state index contributed by atoms with van der Waals surface area (Å²) in [5, 5.41) is 3.32. The Morgan fingerprint density at radius 1 is 1.21 bits per heavy atom. The van der Waals surface area contributed by atoms with Gasteiger partial charge >= 0.3 is 0 Å². The van der Waals surface area contributed by atoms with Crippen molar-refractivity contribution in [2.45, 2.75) is 25.3 Å². The number of nitrogens with one attached hydrogen (secondary N) is 1. The highest BCUT2D eigenvalue weighted by Crippen LogP contribution is 2.31. The summed E-state index contributed by atoms with van der Waals surface area (Å²) >= 11 is 0. The van der Waals surface area contributed by atoms with Gasteiger partial charge in [-0.15, -0.1) is 24.0 Å². The molecule has 2 aromatic rings. The van der Waals surface area contributed by atoms with Crippen molar-refractivity contribution in [2.24, 2.45) is 10.7 Å². The van der Waals surface area contributed by atoms with Gasteiger partial charge in [-0.1, -0.05) is 18.2 Å². The van der Waals surface area contributed by atoms with Gasteiger partial charge in [0.15, 0.2) is 5.96 Å². The molecule has 2 aromatic carbocycles. The number of nitrogens with zero attached hydrogens (tertiary/aromatic N) is 1. The molecule has 1 aliphatic heterocycles. The van der Waals surface area contributed by atoms with Crippen LogP contribution in [-0.2, 0) is 6.42 Å². The molecule has 0 amide bonds. The summed E-state index contributed by atoms with van der Waals surface area (Å²) in [4.78, 5) is 4.47. The lowest BCUT2D eigenvalue weighted by atomic mass is 10.0. The standard InChI is InChI=1S/C21H27N3O3.HI/c1-25-16-9-10-19(26-2)15(14-16)6-5-12-23-21(22)24-18-11-13-27-20-8-4-3-7-17(18)20;/h3-4,7-10,14,18H,5-6,11-13H2,1-2H3,(H3,22,23,24);1H. The molecule has 1 atom stereocenters. The Kier molecular flexibility index (Phi) is 8.69. The van der Waals surface area contributed by atoms with Gasteiger partial charge in [-0.05, 0) is 42.7 Å². The maximum absolute atomic E-state index is 6.10. The number of methoxy groups -OCH3 is 2. The van der Waals surface area contributed by atoms with Crippen LogP contribution in [-0.4, -0.2) is 33.3 Å². The molecule has 7 heteroatoms. The Bertz CT molecular complexity index is 798. The van der Waals surface area contributed by atoms with Crippen LogP contribution >= 0.6 is 24.0 Å². The van der Waals surface area contributed by atoms with Gasteiger partial charge in [-0.25, -0.2) is 0 Å². The van der Waals surface area contributed by atoms with Crippen molar-refractivity contribution in [3.63, 3.8) is 0 Å². The molecule has 0 aromatic heterocycles. The third kappa shape index (κ3) is 5.67. The minimum atomic E-state index is 0. The number of aryl methyl sites for hydroxylation is 1. The SMILES string of the molecule is COc1ccc(OC)c(CCCN=C(N)NC2CCOc3ccccc32)c1.I. The Labute approximate surface area is 183 Å². The van der Waals surface area contributed by atoms with E-state index in [0.29, 0.717) is 19.1 Å². The second-order valence-corrected chi connectivity index (χ2v) is 6.42. The predicted molar refractivity (Wildman–Crippen MR) is 122 cm³/mol. The summed E-state index contributed by atoms with van der Waals surface area (Å²) in [6.07, 6.45) is 2.59. The molecule has 0 saturated heterocycles. The third-order valence-corrected chi connectivity index (χ3v) is 4.65. The molecule has 0 radical (unpaired) electrons. The topological polar surface area (TPSA) is 78.1 Å². The van der Waals surface area contributed by atoms with Crippen molar-refractivity contribution in [3.05, 3.63) is 53.6 Å². The van der Waals surface area contributed by atoms with E-state index in [4.69, 9.17) is 19.9 Å². The van der Waals surface area contributed by atoms with Crippen LogP contribution < -0.4 is 25.3 Å². The highest BCUT2D eigenvalue weighted by Gasteiger charge is 2.21. The largest absolute Gasteiger partial charge is 0.497 e. The summed E-state index contributed by atoms with van der Waals surface area (Å²) in [5.74, 6) is 3.08. The summed E-state index contributed by atoms with van der Waals surface area (Å²) in [7, 11) is 3.34. The molecule has 28 heavy (non-hydrogen) atoms. The smallest absolute Gasteiger partial charge is 0.189 e. The lowest BCUT2D eigenvalue weighted by Crippen LogP contribution is -2.37. The Morgan fingerprint density at radius 3 is 2.82 bits per heavy atom. The Hall–Kier alpha value is -2.16. The van der Waals surface area contributed by atoms with Crippen molar-refractivity contribution >= 4 is 29.9 Å². The molecule has 3 N–H and O–H groups in total. The first-order chi connectivity index (χ1) is 13.2. The lowest BCUT2D eigenvalue weighted by Gasteiger charge is -2.26. The summed E-state index contributed by atoms with van der Waals surface area (Å²) in [6.45, 7) is 1.32. The average molecular weight is 497 g/mol. The number of nitrogens with two attached hydrogens (primary N) is 1. The first kappa shape index (κ1) is 22.1. The zero-order chi connectivity index (χ0) is 19.1. The molecular weight excluding hydrogens is 469 g/mol. The van der Waals surface area contributed by atoms with E-state index in [1.54, 1.807) is 14.2 Å². The van der Waals surface area contributed by atoms with Gasteiger partial charge in [0.2, 0.25) is 0 Å². The number of hydrogen-bond donors (Lipinski definition) is 2. The summed E-state index contributed by atoms with van der Waals surface area (Å²) in [6, 6.07) is 14.0. The Morgan fingerprint density at radius 2 is 2.04 bits per heavy atom. The van der Waals surface area contributed by atoms with Gasteiger partial charge in [0.05, 0.1) is 26.9 Å². The fraction of sp³-hybridized carbons (Fsp3) is 0.381. The van der Waals surface area contributed by atoms with Crippen LogP contribution in [0.25, 0.3) is 0 Å². The van der Waals surface area contributed by atoms with Gasteiger partial charge in [0.1, 0.15) is 17.2 Å². The highest BCUT2D eigenvalue weighted by atomic mass is 127. The average Bonchev–Trinajstić information content (AvgIpc) is 2.71. The van der Waals surface area contributed by atoms with Gasteiger partial charge in [-0.2, -0.15) is 0 Å². The monoisotopic (exact) mass is 497 g/mol. The van der Waals surface area contributed by atoms with Crippen LogP contribution in [0.1, 0.15) is 30.0 Å². The fourth-order valence-electron chi connectivity index (χ4n) is 3.26. The number of guanidine groups is 1. The predicted octanol–water partition coefficient (Wildman–Crippen LogP) is 3.68. The zero-order valence-corrected chi connectivity index (χ0v) is 18.6. The van der Waals surface area contributed by atoms with E-state index in [2.05, 4.69) is 16.4 Å². The molecule has 0 saturated carbocycles. The molecule has 0 aliphatic carbocycles. The second-order valence-electron chi connectivity index (χ2n) is 6.42. The molecule has 1 heterocycles. The van der Waals surface area contributed by atoms with Crippen LogP contribution in [0, 0.1) is 0 Å². The number of hydrogen-bond acceptors (Lipinski definition) is 4. The molecule has 6 nitrogen and oxygen atoms in total. The van der Waals surface area contributed by atoms with E-state index in [0.717, 1.165) is 47.6 Å². The first-order valence-electron chi connectivity index (χ1n) is 9.20. The van der Waals surface area contributed by atoms with E-state index in [1.807, 2.05) is 36.4 Å². The number of para-hydroxylation sites is 1.